The van der Waals surface area contributed by atoms with Gasteiger partial charge in [-0.25, -0.2) is 4.98 Å². The number of anilines is 2. The fraction of sp³-hybridized carbons (Fsp3) is 0.286. The van der Waals surface area contributed by atoms with Gasteiger partial charge in [-0.05, 0) is 32.0 Å². The smallest absolute Gasteiger partial charge is 0.275 e. The summed E-state index contributed by atoms with van der Waals surface area (Å²) in [6.07, 6.45) is 7.72. The summed E-state index contributed by atoms with van der Waals surface area (Å²) in [6, 6.07) is 4.90. The zero-order chi connectivity index (χ0) is 22.5. The Hall–Kier alpha value is -3.50. The fourth-order valence-electron chi connectivity index (χ4n) is 3.28. The molecular weight excluding hydrogens is 434 g/mol. The molecule has 166 valence electrons. The molecule has 3 aromatic heterocycles. The third-order valence-electron chi connectivity index (χ3n) is 5.03. The van der Waals surface area contributed by atoms with E-state index in [1.807, 2.05) is 0 Å². The minimum Gasteiger partial charge on any atom is -0.474 e. The number of likely N-dealkylation sites (tertiary alicyclic amines) is 1. The maximum absolute atomic E-state index is 12.7. The largest absolute Gasteiger partial charge is 0.474 e. The SMILES string of the molecule is CN1CCC(Oc2ccc(NC(=O)c3[nH]ncc3NC(=O)c3cncc(Cl)c3)cn2)CC1. The van der Waals surface area contributed by atoms with Crippen LogP contribution in [0.15, 0.2) is 43.0 Å². The molecule has 0 spiro atoms. The minimum absolute atomic E-state index is 0.0972. The van der Waals surface area contributed by atoms with E-state index in [4.69, 9.17) is 16.3 Å². The zero-order valence-electron chi connectivity index (χ0n) is 17.3. The number of hydrogen-bond acceptors (Lipinski definition) is 7. The van der Waals surface area contributed by atoms with Crippen molar-refractivity contribution in [3.8, 4) is 5.88 Å². The Morgan fingerprint density at radius 1 is 1.12 bits per heavy atom. The number of aromatic nitrogens is 4. The van der Waals surface area contributed by atoms with E-state index in [0.29, 0.717) is 16.6 Å². The van der Waals surface area contributed by atoms with E-state index in [-0.39, 0.29) is 23.0 Å². The van der Waals surface area contributed by atoms with Gasteiger partial charge < -0.3 is 20.3 Å². The van der Waals surface area contributed by atoms with Crippen molar-refractivity contribution in [2.24, 2.45) is 0 Å². The van der Waals surface area contributed by atoms with Crippen LogP contribution in [0.1, 0.15) is 33.7 Å². The number of pyridine rings is 2. The molecule has 1 saturated heterocycles. The highest BCUT2D eigenvalue weighted by Gasteiger charge is 2.19. The van der Waals surface area contributed by atoms with Crippen molar-refractivity contribution in [1.29, 1.82) is 0 Å². The first kappa shape index (κ1) is 21.7. The van der Waals surface area contributed by atoms with Gasteiger partial charge in [0, 0.05) is 31.5 Å². The van der Waals surface area contributed by atoms with E-state index < -0.39 is 11.8 Å². The average Bonchev–Trinajstić information content (AvgIpc) is 3.25. The van der Waals surface area contributed by atoms with E-state index in [1.54, 1.807) is 12.1 Å². The summed E-state index contributed by atoms with van der Waals surface area (Å²) in [5.41, 5.74) is 1.06. The van der Waals surface area contributed by atoms with Crippen LogP contribution in [0.4, 0.5) is 11.4 Å². The summed E-state index contributed by atoms with van der Waals surface area (Å²) in [7, 11) is 2.09. The number of ether oxygens (including phenoxy) is 1. The van der Waals surface area contributed by atoms with Gasteiger partial charge in [-0.15, -0.1) is 0 Å². The first-order valence-electron chi connectivity index (χ1n) is 10.1. The Morgan fingerprint density at radius 2 is 1.94 bits per heavy atom. The zero-order valence-corrected chi connectivity index (χ0v) is 18.1. The molecular formula is C21H22ClN7O3. The second kappa shape index (κ2) is 9.75. The molecule has 32 heavy (non-hydrogen) atoms. The Morgan fingerprint density at radius 3 is 2.66 bits per heavy atom. The number of carbonyl (C=O) groups excluding carboxylic acids is 2. The maximum Gasteiger partial charge on any atom is 0.275 e. The van der Waals surface area contributed by atoms with Crippen molar-refractivity contribution >= 4 is 34.8 Å². The number of aromatic amines is 1. The lowest BCUT2D eigenvalue weighted by molar-refractivity contribution is 0.102. The number of hydrogen-bond donors (Lipinski definition) is 3. The van der Waals surface area contributed by atoms with E-state index in [1.165, 1.54) is 30.9 Å². The summed E-state index contributed by atoms with van der Waals surface area (Å²) in [5.74, 6) is -0.428. The Kier molecular flexibility index (Phi) is 6.62. The van der Waals surface area contributed by atoms with Crippen molar-refractivity contribution in [2.45, 2.75) is 18.9 Å². The van der Waals surface area contributed by atoms with Gasteiger partial charge in [0.25, 0.3) is 11.8 Å². The predicted molar refractivity (Wildman–Crippen MR) is 119 cm³/mol. The Labute approximate surface area is 189 Å². The second-order valence-corrected chi connectivity index (χ2v) is 7.90. The summed E-state index contributed by atoms with van der Waals surface area (Å²) in [6.45, 7) is 1.99. The van der Waals surface area contributed by atoms with Gasteiger partial charge in [0.05, 0.1) is 34.4 Å². The van der Waals surface area contributed by atoms with E-state index in [0.717, 1.165) is 25.9 Å². The van der Waals surface area contributed by atoms with Crippen LogP contribution in [0, 0.1) is 0 Å². The number of rotatable bonds is 6. The van der Waals surface area contributed by atoms with Gasteiger partial charge in [-0.2, -0.15) is 5.10 Å². The topological polar surface area (TPSA) is 125 Å². The van der Waals surface area contributed by atoms with Crippen molar-refractivity contribution in [1.82, 2.24) is 25.1 Å². The fourth-order valence-corrected chi connectivity index (χ4v) is 3.45. The summed E-state index contributed by atoms with van der Waals surface area (Å²) >= 11 is 5.87. The van der Waals surface area contributed by atoms with Crippen LogP contribution < -0.4 is 15.4 Å². The standard InChI is InChI=1S/C21H22ClN7O3/c1-29-6-4-16(5-7-29)32-18-3-2-15(11-24-18)26-21(31)19-17(12-25-28-19)27-20(30)13-8-14(22)10-23-9-13/h2-3,8-12,16H,4-7H2,1H3,(H,25,28)(H,26,31)(H,27,30). The highest BCUT2D eigenvalue weighted by atomic mass is 35.5. The molecule has 1 fully saturated rings. The number of piperidine rings is 1. The third kappa shape index (κ3) is 5.40. The second-order valence-electron chi connectivity index (χ2n) is 7.46. The molecule has 0 aliphatic carbocycles. The lowest BCUT2D eigenvalue weighted by atomic mass is 10.1. The molecule has 0 bridgehead atoms. The molecule has 0 atom stereocenters. The third-order valence-corrected chi connectivity index (χ3v) is 5.24. The van der Waals surface area contributed by atoms with Crippen molar-refractivity contribution in [3.05, 3.63) is 59.3 Å². The van der Waals surface area contributed by atoms with Gasteiger partial charge in [-0.1, -0.05) is 11.6 Å². The maximum atomic E-state index is 12.7. The van der Waals surface area contributed by atoms with Crippen LogP contribution in [0.3, 0.4) is 0 Å². The van der Waals surface area contributed by atoms with E-state index in [2.05, 4.69) is 42.7 Å². The molecule has 4 heterocycles. The summed E-state index contributed by atoms with van der Waals surface area (Å²) in [4.78, 5) is 35.5. The van der Waals surface area contributed by atoms with Crippen LogP contribution in [0.25, 0.3) is 0 Å². The average molecular weight is 456 g/mol. The van der Waals surface area contributed by atoms with Crippen molar-refractivity contribution in [2.75, 3.05) is 30.8 Å². The molecule has 11 heteroatoms. The van der Waals surface area contributed by atoms with Crippen LogP contribution in [0.5, 0.6) is 5.88 Å². The molecule has 1 aliphatic heterocycles. The van der Waals surface area contributed by atoms with Crippen molar-refractivity contribution < 1.29 is 14.3 Å². The first-order valence-corrected chi connectivity index (χ1v) is 10.4. The van der Waals surface area contributed by atoms with Gasteiger partial charge in [-0.3, -0.25) is 19.7 Å². The molecule has 1 aliphatic rings. The molecule has 0 aromatic carbocycles. The molecule has 0 saturated carbocycles. The molecule has 0 unspecified atom stereocenters. The quantitative estimate of drug-likeness (QED) is 0.521. The monoisotopic (exact) mass is 455 g/mol. The number of halogens is 1. The highest BCUT2D eigenvalue weighted by Crippen LogP contribution is 2.20. The van der Waals surface area contributed by atoms with Gasteiger partial charge in [0.1, 0.15) is 11.8 Å². The van der Waals surface area contributed by atoms with Gasteiger partial charge in [0.2, 0.25) is 5.88 Å². The molecule has 2 amide bonds. The van der Waals surface area contributed by atoms with Crippen LogP contribution >= 0.6 is 11.6 Å². The van der Waals surface area contributed by atoms with Crippen LogP contribution in [-0.4, -0.2) is 63.1 Å². The molecule has 0 radical (unpaired) electrons. The predicted octanol–water partition coefficient (Wildman–Crippen LogP) is 2.83. The molecule has 3 N–H and O–H groups in total. The lowest BCUT2D eigenvalue weighted by Crippen LogP contribution is -2.35. The van der Waals surface area contributed by atoms with E-state index in [9.17, 15) is 9.59 Å². The number of H-pyrrole nitrogens is 1. The number of nitrogens with one attached hydrogen (secondary N) is 3. The lowest BCUT2D eigenvalue weighted by Gasteiger charge is -2.28. The normalized spacial score (nSPS) is 14.7. The van der Waals surface area contributed by atoms with Gasteiger partial charge in [0.15, 0.2) is 0 Å². The minimum atomic E-state index is -0.479. The molecule has 3 aromatic rings. The number of nitrogens with zero attached hydrogens (tertiary/aromatic N) is 4. The summed E-state index contributed by atoms with van der Waals surface area (Å²) in [5, 5.41) is 12.1. The summed E-state index contributed by atoms with van der Waals surface area (Å²) < 4.78 is 5.92. The van der Waals surface area contributed by atoms with Crippen LogP contribution in [0.2, 0.25) is 5.02 Å². The molecule has 10 nitrogen and oxygen atoms in total. The Bertz CT molecular complexity index is 1090. The van der Waals surface area contributed by atoms with Crippen molar-refractivity contribution in [3.63, 3.8) is 0 Å². The first-order chi connectivity index (χ1) is 15.5. The van der Waals surface area contributed by atoms with Gasteiger partial charge >= 0.3 is 0 Å². The number of amides is 2. The molecule has 4 rings (SSSR count). The van der Waals surface area contributed by atoms with Crippen LogP contribution in [-0.2, 0) is 0 Å². The number of carbonyl (C=O) groups is 2. The van der Waals surface area contributed by atoms with E-state index >= 15 is 0 Å². The highest BCUT2D eigenvalue weighted by molar-refractivity contribution is 6.30. The Balaban J connectivity index is 1.36.